The van der Waals surface area contributed by atoms with E-state index >= 15 is 0 Å². The summed E-state index contributed by atoms with van der Waals surface area (Å²) in [5, 5.41) is 9.60. The van der Waals surface area contributed by atoms with Gasteiger partial charge in [-0.1, -0.05) is 367 Å². The number of para-hydroxylation sites is 6. The quantitative estimate of drug-likeness (QED) is 0.0967. The Labute approximate surface area is 836 Å². The molecular formula is C138H96N4O2. The Kier molecular flexibility index (Phi) is 20.2. The maximum Gasteiger partial charge on any atom is 0.135 e. The molecule has 26 aromatic rings. The minimum atomic E-state index is -0.126. The van der Waals surface area contributed by atoms with E-state index in [1.165, 1.54) is 189 Å². The van der Waals surface area contributed by atoms with Crippen LogP contribution in [0.5, 0.6) is 0 Å². The van der Waals surface area contributed by atoms with Gasteiger partial charge in [0.05, 0.1) is 22.1 Å². The van der Waals surface area contributed by atoms with Crippen LogP contribution in [0.3, 0.4) is 0 Å². The van der Waals surface area contributed by atoms with Gasteiger partial charge < -0.3 is 27.8 Å². The largest absolute Gasteiger partial charge is 0.456 e. The molecule has 0 unspecified atom stereocenters. The highest BCUT2D eigenvalue weighted by Crippen LogP contribution is 2.54. The normalized spacial score (nSPS) is 12.7. The first-order valence-corrected chi connectivity index (χ1v) is 49.8. The summed E-state index contributed by atoms with van der Waals surface area (Å²) in [6.07, 6.45) is 0. The molecule has 2 aliphatic rings. The van der Waals surface area contributed by atoms with Gasteiger partial charge in [-0.15, -0.1) is 0 Å². The summed E-state index contributed by atoms with van der Waals surface area (Å²) in [6, 6.07) is 186. The third kappa shape index (κ3) is 14.5. The molecule has 0 bridgehead atoms. The fraction of sp³-hybridized carbons (Fsp3) is 0.0435. The molecule has 0 aliphatic heterocycles. The van der Waals surface area contributed by atoms with Crippen LogP contribution in [0.4, 0.5) is 34.1 Å². The van der Waals surface area contributed by atoms with Gasteiger partial charge in [0, 0.05) is 99.4 Å². The van der Waals surface area contributed by atoms with E-state index in [9.17, 15) is 0 Å². The summed E-state index contributed by atoms with van der Waals surface area (Å²) in [5.74, 6) is 0. The van der Waals surface area contributed by atoms with E-state index in [1.54, 1.807) is 0 Å². The number of furan rings is 2. The molecule has 144 heavy (non-hydrogen) atoms. The maximum atomic E-state index is 6.10. The number of hydrogen-bond donors (Lipinski definition) is 0. The van der Waals surface area contributed by atoms with Crippen LogP contribution in [0, 0.1) is 0 Å². The van der Waals surface area contributed by atoms with Crippen molar-refractivity contribution in [1.29, 1.82) is 0 Å². The topological polar surface area (TPSA) is 42.6 Å². The van der Waals surface area contributed by atoms with Crippen molar-refractivity contribution in [1.82, 2.24) is 9.13 Å². The summed E-state index contributed by atoms with van der Waals surface area (Å²) >= 11 is 0. The van der Waals surface area contributed by atoms with E-state index in [1.807, 2.05) is 24.3 Å². The van der Waals surface area contributed by atoms with Crippen LogP contribution < -0.4 is 9.80 Å². The third-order valence-electron chi connectivity index (χ3n) is 30.5. The first-order chi connectivity index (χ1) is 70.8. The fourth-order valence-corrected chi connectivity index (χ4v) is 23.0. The predicted octanol–water partition coefficient (Wildman–Crippen LogP) is 38.3. The molecular weight excluding hydrogens is 1750 g/mol. The Morgan fingerprint density at radius 2 is 0.389 bits per heavy atom. The Morgan fingerprint density at radius 1 is 0.160 bits per heavy atom. The monoisotopic (exact) mass is 1840 g/mol. The van der Waals surface area contributed by atoms with E-state index in [0.29, 0.717) is 0 Å². The van der Waals surface area contributed by atoms with E-state index in [-0.39, 0.29) is 10.8 Å². The molecule has 0 amide bonds. The van der Waals surface area contributed by atoms with Crippen LogP contribution in [0.1, 0.15) is 49.9 Å². The second kappa shape index (κ2) is 34.3. The average Bonchev–Trinajstić information content (AvgIpc) is 1.58. The molecule has 0 fully saturated rings. The van der Waals surface area contributed by atoms with Crippen LogP contribution >= 0.6 is 0 Å². The molecule has 0 saturated heterocycles. The van der Waals surface area contributed by atoms with Crippen molar-refractivity contribution in [2.45, 2.75) is 38.5 Å². The maximum absolute atomic E-state index is 6.10. The highest BCUT2D eigenvalue weighted by molar-refractivity contribution is 6.13. The lowest BCUT2D eigenvalue weighted by atomic mass is 9.82. The Morgan fingerprint density at radius 3 is 0.722 bits per heavy atom. The summed E-state index contributed by atoms with van der Waals surface area (Å²) in [5.41, 5.74) is 46.9. The zero-order valence-electron chi connectivity index (χ0n) is 80.1. The highest BCUT2D eigenvalue weighted by Gasteiger charge is 2.38. The summed E-state index contributed by atoms with van der Waals surface area (Å²) in [7, 11) is 0. The molecule has 0 atom stereocenters. The molecule has 0 spiro atoms. The van der Waals surface area contributed by atoms with Crippen molar-refractivity contribution < 1.29 is 8.83 Å². The molecule has 6 heteroatoms. The van der Waals surface area contributed by atoms with E-state index in [2.05, 4.69) is 532 Å². The molecule has 4 heterocycles. The van der Waals surface area contributed by atoms with Gasteiger partial charge in [-0.25, -0.2) is 0 Å². The van der Waals surface area contributed by atoms with Crippen molar-refractivity contribution in [3.8, 4) is 123 Å². The number of rotatable bonds is 16. The van der Waals surface area contributed by atoms with Crippen molar-refractivity contribution in [2.75, 3.05) is 9.80 Å². The molecule has 0 radical (unpaired) electrons. The van der Waals surface area contributed by atoms with Crippen molar-refractivity contribution in [2.24, 2.45) is 0 Å². The molecule has 2 aliphatic carbocycles. The zero-order valence-corrected chi connectivity index (χ0v) is 80.1. The standard InChI is InChI=1S/C75H53N3.C63H43NO2/c1-75(2)69-22-12-9-19-63(69)64-44-43-62(49-70(64)75)76(60-39-33-52(34-40-60)50-25-29-54(30-26-50)56-37-45-73-67(47-56)65-20-10-13-23-71(65)77(73)58-15-5-3-6-16-58)61-41-35-53(36-42-61)51-27-31-55(32-28-51)57-38-46-74-68(48-57)66-21-11-14-24-72(66)78(74)59-17-7-4-8-18-59;1-63(2)57-12-6-3-9-51(57)52-34-33-50(39-58(52)63)64(48-29-23-42(24-30-48)40-15-19-44(20-16-40)46-27-35-61-55(37-46)53-10-4-7-13-59(53)65-61)49-31-25-43(26-32-49)41-17-21-45(22-18-41)47-28-36-62-56(38-47)54-11-5-8-14-60(54)66-62/h3-49H,1-2H3;3-39H,1-2H3. The predicted molar refractivity (Wildman–Crippen MR) is 604 cm³/mol. The SMILES string of the molecule is CC1(C)c2ccccc2-c2ccc(N(c3ccc(-c4ccc(-c5ccc6c(c5)c5ccccc5n6-c5ccccc5)cc4)cc3)c3ccc(-c4ccc(-c5ccc6c(c5)c5ccccc5n6-c5ccccc5)cc4)cc3)cc21.CC1(C)c2ccccc2-c2ccc(N(c3ccc(-c4ccc(-c5ccc6oc7ccccc7c6c5)cc4)cc3)c3ccc(-c4ccc(-c5ccc6oc7ccccc7c6c5)cc4)cc3)cc21. The molecule has 22 aromatic carbocycles. The summed E-state index contributed by atoms with van der Waals surface area (Å²) in [6.45, 7) is 9.41. The smallest absolute Gasteiger partial charge is 0.135 e. The van der Waals surface area contributed by atoms with Gasteiger partial charge in [0.25, 0.3) is 0 Å². The number of aromatic nitrogens is 2. The number of anilines is 6. The van der Waals surface area contributed by atoms with E-state index in [0.717, 1.165) is 78.0 Å². The first kappa shape index (κ1) is 84.9. The van der Waals surface area contributed by atoms with Crippen LogP contribution in [0.15, 0.2) is 518 Å². The lowest BCUT2D eigenvalue weighted by molar-refractivity contribution is 0.660. The molecule has 680 valence electrons. The zero-order chi connectivity index (χ0) is 95.8. The minimum absolute atomic E-state index is 0.115. The van der Waals surface area contributed by atoms with Crippen LogP contribution in [0.2, 0.25) is 0 Å². The number of hydrogen-bond acceptors (Lipinski definition) is 4. The molecule has 6 nitrogen and oxygen atoms in total. The fourth-order valence-electron chi connectivity index (χ4n) is 23.0. The molecule has 0 N–H and O–H groups in total. The third-order valence-corrected chi connectivity index (χ3v) is 30.5. The number of benzene rings is 22. The van der Waals surface area contributed by atoms with Gasteiger partial charge in [0.15, 0.2) is 0 Å². The molecule has 0 saturated carbocycles. The Bertz CT molecular complexity index is 9050. The molecule has 28 rings (SSSR count). The van der Waals surface area contributed by atoms with Crippen molar-refractivity contribution >= 4 is 122 Å². The van der Waals surface area contributed by atoms with Crippen LogP contribution in [-0.4, -0.2) is 9.13 Å². The number of nitrogens with zero attached hydrogens (tertiary/aromatic N) is 4. The van der Waals surface area contributed by atoms with E-state index in [4.69, 9.17) is 8.83 Å². The lowest BCUT2D eigenvalue weighted by Gasteiger charge is -2.28. The van der Waals surface area contributed by atoms with Gasteiger partial charge in [0.2, 0.25) is 0 Å². The second-order valence-electron chi connectivity index (χ2n) is 39.4. The van der Waals surface area contributed by atoms with Gasteiger partial charge in [0.1, 0.15) is 22.3 Å². The van der Waals surface area contributed by atoms with Crippen molar-refractivity contribution in [3.63, 3.8) is 0 Å². The highest BCUT2D eigenvalue weighted by atomic mass is 16.3. The molecule has 4 aromatic heterocycles. The Balaban J connectivity index is 0.000000145. The first-order valence-electron chi connectivity index (χ1n) is 49.8. The van der Waals surface area contributed by atoms with Crippen LogP contribution in [-0.2, 0) is 10.8 Å². The van der Waals surface area contributed by atoms with E-state index < -0.39 is 0 Å². The van der Waals surface area contributed by atoms with Gasteiger partial charge >= 0.3 is 0 Å². The number of fused-ring (bicyclic) bond motifs is 18. The summed E-state index contributed by atoms with van der Waals surface area (Å²) < 4.78 is 16.9. The van der Waals surface area contributed by atoms with Gasteiger partial charge in [-0.3, -0.25) is 0 Å². The lowest BCUT2D eigenvalue weighted by Crippen LogP contribution is -2.16. The average molecular weight is 1840 g/mol. The van der Waals surface area contributed by atoms with Crippen molar-refractivity contribution in [3.05, 3.63) is 532 Å². The van der Waals surface area contributed by atoms with Crippen LogP contribution in [0.25, 0.3) is 210 Å². The van der Waals surface area contributed by atoms with Gasteiger partial charge in [-0.05, 0) is 303 Å². The summed E-state index contributed by atoms with van der Waals surface area (Å²) in [4.78, 5) is 4.81. The second-order valence-corrected chi connectivity index (χ2v) is 39.4. The Hall–Kier alpha value is -18.4. The minimum Gasteiger partial charge on any atom is -0.456 e. The van der Waals surface area contributed by atoms with Gasteiger partial charge in [-0.2, -0.15) is 0 Å².